The number of ether oxygens (including phenoxy) is 1. The highest BCUT2D eigenvalue weighted by Gasteiger charge is 2.15. The fraction of sp³-hybridized carbons (Fsp3) is 0.350. The maximum absolute atomic E-state index is 5.49. The van der Waals surface area contributed by atoms with Gasteiger partial charge in [-0.15, -0.1) is 0 Å². The maximum atomic E-state index is 5.49. The molecule has 0 radical (unpaired) electrons. The van der Waals surface area contributed by atoms with Gasteiger partial charge in [0.25, 0.3) is 0 Å². The van der Waals surface area contributed by atoms with E-state index < -0.39 is 0 Å². The van der Waals surface area contributed by atoms with Crippen LogP contribution in [0.2, 0.25) is 0 Å². The lowest BCUT2D eigenvalue weighted by molar-refractivity contribution is 0.122. The third kappa shape index (κ3) is 3.52. The summed E-state index contributed by atoms with van der Waals surface area (Å²) in [5.41, 5.74) is 5.11. The summed E-state index contributed by atoms with van der Waals surface area (Å²) in [4.78, 5) is 4.79. The van der Waals surface area contributed by atoms with Gasteiger partial charge >= 0.3 is 0 Å². The van der Waals surface area contributed by atoms with Gasteiger partial charge in [0, 0.05) is 37.3 Å². The lowest BCUT2D eigenvalue weighted by Gasteiger charge is -2.31. The van der Waals surface area contributed by atoms with E-state index in [0.29, 0.717) is 0 Å². The SMILES string of the molecule is CN(Cc1ccccc1N1CCOCC1)Cc1cccc2cn[nH]c12. The van der Waals surface area contributed by atoms with Gasteiger partial charge in [-0.3, -0.25) is 10.00 Å². The van der Waals surface area contributed by atoms with E-state index >= 15 is 0 Å². The third-order valence-corrected chi connectivity index (χ3v) is 4.79. The fourth-order valence-corrected chi connectivity index (χ4v) is 3.56. The molecule has 0 atom stereocenters. The standard InChI is InChI=1S/C20H24N4O/c1-23(15-18-7-4-6-16-13-21-22-20(16)18)14-17-5-2-3-8-19(17)24-9-11-25-12-10-24/h2-8,13H,9-12,14-15H2,1H3,(H,21,22). The van der Waals surface area contributed by atoms with Crippen molar-refractivity contribution in [2.45, 2.75) is 13.1 Å². The van der Waals surface area contributed by atoms with Crippen molar-refractivity contribution in [3.8, 4) is 0 Å². The second kappa shape index (κ2) is 7.25. The second-order valence-corrected chi connectivity index (χ2v) is 6.65. The molecule has 0 bridgehead atoms. The number of H-pyrrole nitrogens is 1. The van der Waals surface area contributed by atoms with Crippen LogP contribution in [0.5, 0.6) is 0 Å². The van der Waals surface area contributed by atoms with Crippen molar-refractivity contribution < 1.29 is 4.74 Å². The highest BCUT2D eigenvalue weighted by molar-refractivity contribution is 5.81. The number of para-hydroxylation sites is 2. The summed E-state index contributed by atoms with van der Waals surface area (Å²) < 4.78 is 5.49. The molecule has 1 aliphatic rings. The summed E-state index contributed by atoms with van der Waals surface area (Å²) >= 11 is 0. The number of morpholine rings is 1. The largest absolute Gasteiger partial charge is 0.378 e. The van der Waals surface area contributed by atoms with Gasteiger partial charge in [-0.25, -0.2) is 0 Å². The van der Waals surface area contributed by atoms with Crippen molar-refractivity contribution in [1.82, 2.24) is 15.1 Å². The van der Waals surface area contributed by atoms with Crippen molar-refractivity contribution in [2.24, 2.45) is 0 Å². The summed E-state index contributed by atoms with van der Waals surface area (Å²) in [7, 11) is 2.17. The van der Waals surface area contributed by atoms with E-state index in [1.807, 2.05) is 6.20 Å². The zero-order chi connectivity index (χ0) is 17.1. The van der Waals surface area contributed by atoms with E-state index in [4.69, 9.17) is 4.74 Å². The molecule has 2 heterocycles. The minimum Gasteiger partial charge on any atom is -0.378 e. The van der Waals surface area contributed by atoms with E-state index in [9.17, 15) is 0 Å². The molecule has 25 heavy (non-hydrogen) atoms. The third-order valence-electron chi connectivity index (χ3n) is 4.79. The Morgan fingerprint density at radius 3 is 2.68 bits per heavy atom. The Morgan fingerprint density at radius 1 is 1.04 bits per heavy atom. The first kappa shape index (κ1) is 16.1. The molecule has 4 rings (SSSR count). The van der Waals surface area contributed by atoms with Gasteiger partial charge in [-0.1, -0.05) is 36.4 Å². The first-order valence-corrected chi connectivity index (χ1v) is 8.81. The Kier molecular flexibility index (Phi) is 4.68. The van der Waals surface area contributed by atoms with Crippen LogP contribution in [0.1, 0.15) is 11.1 Å². The van der Waals surface area contributed by atoms with Crippen LogP contribution in [-0.4, -0.2) is 48.4 Å². The van der Waals surface area contributed by atoms with Crippen molar-refractivity contribution in [3.05, 3.63) is 59.8 Å². The lowest BCUT2D eigenvalue weighted by Crippen LogP contribution is -2.37. The minimum absolute atomic E-state index is 0.812. The zero-order valence-corrected chi connectivity index (χ0v) is 14.6. The Balaban J connectivity index is 1.51. The van der Waals surface area contributed by atoms with E-state index in [2.05, 4.69) is 69.5 Å². The van der Waals surface area contributed by atoms with Crippen molar-refractivity contribution in [2.75, 3.05) is 38.3 Å². The van der Waals surface area contributed by atoms with Crippen LogP contribution in [0.25, 0.3) is 10.9 Å². The number of aromatic nitrogens is 2. The molecule has 1 saturated heterocycles. The van der Waals surface area contributed by atoms with Crippen LogP contribution in [0.3, 0.4) is 0 Å². The van der Waals surface area contributed by atoms with Crippen LogP contribution in [0, 0.1) is 0 Å². The Morgan fingerprint density at radius 2 is 1.80 bits per heavy atom. The molecule has 3 aromatic rings. The van der Waals surface area contributed by atoms with Crippen LogP contribution in [0.15, 0.2) is 48.7 Å². The number of hydrogen-bond donors (Lipinski definition) is 1. The summed E-state index contributed by atoms with van der Waals surface area (Å²) in [6, 6.07) is 15.1. The number of aromatic amines is 1. The Hall–Kier alpha value is -2.37. The molecule has 130 valence electrons. The molecule has 1 N–H and O–H groups in total. The molecule has 2 aromatic carbocycles. The number of fused-ring (bicyclic) bond motifs is 1. The highest BCUT2D eigenvalue weighted by atomic mass is 16.5. The molecule has 0 spiro atoms. The first-order valence-electron chi connectivity index (χ1n) is 8.81. The van der Waals surface area contributed by atoms with E-state index in [1.165, 1.54) is 22.2 Å². The average molecular weight is 336 g/mol. The van der Waals surface area contributed by atoms with E-state index in [1.54, 1.807) is 0 Å². The molecule has 1 aromatic heterocycles. The number of nitrogens with zero attached hydrogens (tertiary/aromatic N) is 3. The van der Waals surface area contributed by atoms with Crippen LogP contribution < -0.4 is 4.90 Å². The lowest BCUT2D eigenvalue weighted by atomic mass is 10.1. The van der Waals surface area contributed by atoms with E-state index in [-0.39, 0.29) is 0 Å². The van der Waals surface area contributed by atoms with Gasteiger partial charge < -0.3 is 9.64 Å². The second-order valence-electron chi connectivity index (χ2n) is 6.65. The Bertz CT molecular complexity index is 838. The number of rotatable bonds is 5. The summed E-state index contributed by atoms with van der Waals surface area (Å²) in [5, 5.41) is 8.45. The number of benzene rings is 2. The average Bonchev–Trinajstić information content (AvgIpc) is 3.13. The molecule has 5 nitrogen and oxygen atoms in total. The van der Waals surface area contributed by atoms with Gasteiger partial charge in [0.05, 0.1) is 24.9 Å². The molecule has 0 saturated carbocycles. The molecule has 5 heteroatoms. The van der Waals surface area contributed by atoms with Crippen molar-refractivity contribution in [1.29, 1.82) is 0 Å². The summed E-state index contributed by atoms with van der Waals surface area (Å²) in [5.74, 6) is 0. The van der Waals surface area contributed by atoms with Gasteiger partial charge in [-0.2, -0.15) is 5.10 Å². The summed E-state index contributed by atoms with van der Waals surface area (Å²) in [6.07, 6.45) is 1.88. The monoisotopic (exact) mass is 336 g/mol. The fourth-order valence-electron chi connectivity index (χ4n) is 3.56. The first-order chi connectivity index (χ1) is 12.3. The summed E-state index contributed by atoms with van der Waals surface area (Å²) in [6.45, 7) is 5.36. The van der Waals surface area contributed by atoms with Gasteiger partial charge in [0.1, 0.15) is 0 Å². The van der Waals surface area contributed by atoms with Crippen LogP contribution >= 0.6 is 0 Å². The Labute approximate surface area is 148 Å². The molecule has 0 aliphatic carbocycles. The minimum atomic E-state index is 0.812. The van der Waals surface area contributed by atoms with Crippen LogP contribution in [0.4, 0.5) is 5.69 Å². The quantitative estimate of drug-likeness (QED) is 0.778. The van der Waals surface area contributed by atoms with E-state index in [0.717, 1.165) is 44.9 Å². The molecular weight excluding hydrogens is 312 g/mol. The normalized spacial score (nSPS) is 15.2. The molecular formula is C20H24N4O. The van der Waals surface area contributed by atoms with Gasteiger partial charge in [0.15, 0.2) is 0 Å². The zero-order valence-electron chi connectivity index (χ0n) is 14.6. The topological polar surface area (TPSA) is 44.4 Å². The number of nitrogens with one attached hydrogen (secondary N) is 1. The van der Waals surface area contributed by atoms with Crippen molar-refractivity contribution in [3.63, 3.8) is 0 Å². The van der Waals surface area contributed by atoms with Crippen LogP contribution in [-0.2, 0) is 17.8 Å². The maximum Gasteiger partial charge on any atom is 0.0695 e. The molecule has 0 unspecified atom stereocenters. The smallest absolute Gasteiger partial charge is 0.0695 e. The molecule has 1 aliphatic heterocycles. The van der Waals surface area contributed by atoms with Gasteiger partial charge in [0.2, 0.25) is 0 Å². The molecule has 0 amide bonds. The van der Waals surface area contributed by atoms with Crippen molar-refractivity contribution >= 4 is 16.6 Å². The predicted molar refractivity (Wildman–Crippen MR) is 101 cm³/mol. The molecule has 1 fully saturated rings. The predicted octanol–water partition coefficient (Wildman–Crippen LogP) is 3.03. The highest BCUT2D eigenvalue weighted by Crippen LogP contribution is 2.24. The van der Waals surface area contributed by atoms with Gasteiger partial charge in [-0.05, 0) is 24.2 Å². The number of hydrogen-bond acceptors (Lipinski definition) is 4. The number of anilines is 1.